The Labute approximate surface area is 124 Å². The highest BCUT2D eigenvalue weighted by molar-refractivity contribution is 9.09. The van der Waals surface area contributed by atoms with Gasteiger partial charge < -0.3 is 0 Å². The molecule has 0 radical (unpaired) electrons. The lowest BCUT2D eigenvalue weighted by molar-refractivity contribution is 0.507. The molecule has 0 amide bonds. The summed E-state index contributed by atoms with van der Waals surface area (Å²) in [5, 5.41) is 0.701. The number of rotatable bonds is 3. The van der Waals surface area contributed by atoms with Crippen LogP contribution in [0.3, 0.4) is 0 Å². The summed E-state index contributed by atoms with van der Waals surface area (Å²) in [4.78, 5) is -0.0373. The summed E-state index contributed by atoms with van der Waals surface area (Å²) in [5.41, 5.74) is 2.67. The Morgan fingerprint density at radius 1 is 1.16 bits per heavy atom. The first-order chi connectivity index (χ1) is 8.99. The van der Waals surface area contributed by atoms with Crippen molar-refractivity contribution < 1.29 is 8.78 Å². The summed E-state index contributed by atoms with van der Waals surface area (Å²) < 4.78 is 26.0. The number of halogens is 4. The third-order valence-electron chi connectivity index (χ3n) is 2.96. The topological polar surface area (TPSA) is 0 Å². The maximum Gasteiger partial charge on any atom is 0.159 e. The molecule has 0 N–H and O–H groups in total. The molecule has 2 aromatic rings. The Hall–Kier alpha value is -0.930. The maximum absolute atomic E-state index is 13.2. The van der Waals surface area contributed by atoms with Crippen molar-refractivity contribution in [2.75, 3.05) is 0 Å². The standard InChI is InChI=1S/C15H12BrClF2/c1-9-3-2-4-11(15(9)17)12(16)7-10-5-6-13(18)14(19)8-10/h2-6,8,12H,7H2,1H3. The zero-order chi connectivity index (χ0) is 14.0. The summed E-state index contributed by atoms with van der Waals surface area (Å²) in [6.45, 7) is 1.93. The van der Waals surface area contributed by atoms with Crippen molar-refractivity contribution in [2.45, 2.75) is 18.2 Å². The SMILES string of the molecule is Cc1cccc(C(Br)Cc2ccc(F)c(F)c2)c1Cl. The van der Waals surface area contributed by atoms with E-state index in [9.17, 15) is 8.78 Å². The van der Waals surface area contributed by atoms with Gasteiger partial charge in [-0.3, -0.25) is 0 Å². The smallest absolute Gasteiger partial charge is 0.159 e. The maximum atomic E-state index is 13.2. The van der Waals surface area contributed by atoms with E-state index < -0.39 is 11.6 Å². The van der Waals surface area contributed by atoms with Crippen molar-refractivity contribution in [3.05, 3.63) is 69.7 Å². The van der Waals surface area contributed by atoms with Crippen molar-refractivity contribution in [1.82, 2.24) is 0 Å². The minimum Gasteiger partial charge on any atom is -0.204 e. The highest BCUT2D eigenvalue weighted by atomic mass is 79.9. The molecule has 0 bridgehead atoms. The lowest BCUT2D eigenvalue weighted by atomic mass is 10.0. The number of benzene rings is 2. The summed E-state index contributed by atoms with van der Waals surface area (Å²) in [7, 11) is 0. The van der Waals surface area contributed by atoms with Gasteiger partial charge in [-0.1, -0.05) is 51.8 Å². The third-order valence-corrected chi connectivity index (χ3v) is 4.29. The van der Waals surface area contributed by atoms with Gasteiger partial charge in [0.15, 0.2) is 11.6 Å². The van der Waals surface area contributed by atoms with Crippen LogP contribution in [0, 0.1) is 18.6 Å². The van der Waals surface area contributed by atoms with Crippen LogP contribution in [0.4, 0.5) is 8.78 Å². The fraction of sp³-hybridized carbons (Fsp3) is 0.200. The van der Waals surface area contributed by atoms with Gasteiger partial charge >= 0.3 is 0 Å². The molecule has 1 unspecified atom stereocenters. The molecular weight excluding hydrogens is 334 g/mol. The van der Waals surface area contributed by atoms with E-state index in [0.29, 0.717) is 11.4 Å². The van der Waals surface area contributed by atoms with Crippen molar-refractivity contribution >= 4 is 27.5 Å². The Bertz CT molecular complexity index is 599. The predicted molar refractivity (Wildman–Crippen MR) is 77.9 cm³/mol. The second kappa shape index (κ2) is 6.02. The molecule has 4 heteroatoms. The molecule has 0 fully saturated rings. The second-order valence-corrected chi connectivity index (χ2v) is 5.88. The molecule has 100 valence electrons. The lowest BCUT2D eigenvalue weighted by Gasteiger charge is -2.13. The van der Waals surface area contributed by atoms with Gasteiger partial charge in [0.1, 0.15) is 0 Å². The molecule has 0 aromatic heterocycles. The van der Waals surface area contributed by atoms with Crippen molar-refractivity contribution in [3.63, 3.8) is 0 Å². The van der Waals surface area contributed by atoms with Crippen molar-refractivity contribution in [3.8, 4) is 0 Å². The quantitative estimate of drug-likeness (QED) is 0.635. The molecule has 0 aliphatic heterocycles. The molecule has 2 rings (SSSR count). The van der Waals surface area contributed by atoms with Gasteiger partial charge in [0.2, 0.25) is 0 Å². The monoisotopic (exact) mass is 344 g/mol. The van der Waals surface area contributed by atoms with E-state index in [-0.39, 0.29) is 4.83 Å². The molecule has 0 heterocycles. The van der Waals surface area contributed by atoms with Gasteiger partial charge in [-0.2, -0.15) is 0 Å². The molecule has 0 aliphatic carbocycles. The zero-order valence-corrected chi connectivity index (χ0v) is 12.6. The summed E-state index contributed by atoms with van der Waals surface area (Å²) in [6.07, 6.45) is 0.542. The predicted octanol–water partition coefficient (Wildman–Crippen LogP) is 5.61. The minimum absolute atomic E-state index is 0.0373. The van der Waals surface area contributed by atoms with Crippen molar-refractivity contribution in [2.24, 2.45) is 0 Å². The van der Waals surface area contributed by atoms with Crippen molar-refractivity contribution in [1.29, 1.82) is 0 Å². The number of aryl methyl sites for hydroxylation is 1. The Balaban J connectivity index is 2.23. The second-order valence-electron chi connectivity index (χ2n) is 4.40. The fourth-order valence-electron chi connectivity index (χ4n) is 1.90. The van der Waals surface area contributed by atoms with Crippen LogP contribution in [0.2, 0.25) is 5.02 Å². The Morgan fingerprint density at radius 2 is 1.89 bits per heavy atom. The summed E-state index contributed by atoms with van der Waals surface area (Å²) in [6, 6.07) is 9.72. The van der Waals surface area contributed by atoms with E-state index in [2.05, 4.69) is 15.9 Å². The van der Waals surface area contributed by atoms with Crippen LogP contribution < -0.4 is 0 Å². The van der Waals surface area contributed by atoms with E-state index >= 15 is 0 Å². The molecule has 19 heavy (non-hydrogen) atoms. The van der Waals surface area contributed by atoms with E-state index in [0.717, 1.165) is 22.8 Å². The first-order valence-electron chi connectivity index (χ1n) is 5.82. The number of hydrogen-bond acceptors (Lipinski definition) is 0. The molecule has 2 aromatic carbocycles. The largest absolute Gasteiger partial charge is 0.204 e. The van der Waals surface area contributed by atoms with Gasteiger partial charge in [-0.15, -0.1) is 0 Å². The molecule has 0 saturated carbocycles. The van der Waals surface area contributed by atoms with E-state index in [1.165, 1.54) is 6.07 Å². The average Bonchev–Trinajstić information content (AvgIpc) is 2.37. The Kier molecular flexibility index (Phi) is 4.58. The molecule has 0 saturated heterocycles. The van der Waals surface area contributed by atoms with Crippen LogP contribution in [0.5, 0.6) is 0 Å². The van der Waals surface area contributed by atoms with E-state index in [1.54, 1.807) is 6.07 Å². The van der Waals surface area contributed by atoms with Crippen LogP contribution >= 0.6 is 27.5 Å². The summed E-state index contributed by atoms with van der Waals surface area (Å²) >= 11 is 9.80. The van der Waals surface area contributed by atoms with E-state index in [1.807, 2.05) is 25.1 Å². The van der Waals surface area contributed by atoms with Gasteiger partial charge in [-0.25, -0.2) is 8.78 Å². The number of alkyl halides is 1. The van der Waals surface area contributed by atoms with Gasteiger partial charge in [0.05, 0.1) is 0 Å². The molecule has 1 atom stereocenters. The van der Waals surface area contributed by atoms with Crippen LogP contribution in [0.1, 0.15) is 21.5 Å². The first kappa shape index (κ1) is 14.5. The molecular formula is C15H12BrClF2. The molecule has 0 aliphatic rings. The fourth-order valence-corrected chi connectivity index (χ4v) is 3.04. The highest BCUT2D eigenvalue weighted by Gasteiger charge is 2.14. The highest BCUT2D eigenvalue weighted by Crippen LogP contribution is 2.34. The van der Waals surface area contributed by atoms with Crippen LogP contribution in [-0.2, 0) is 6.42 Å². The van der Waals surface area contributed by atoms with Crippen LogP contribution in [-0.4, -0.2) is 0 Å². The van der Waals surface area contributed by atoms with Gasteiger partial charge in [0.25, 0.3) is 0 Å². The van der Waals surface area contributed by atoms with Gasteiger partial charge in [-0.05, 0) is 42.2 Å². The van der Waals surface area contributed by atoms with E-state index in [4.69, 9.17) is 11.6 Å². The van der Waals surface area contributed by atoms with Crippen LogP contribution in [0.15, 0.2) is 36.4 Å². The molecule has 0 nitrogen and oxygen atoms in total. The first-order valence-corrected chi connectivity index (χ1v) is 7.11. The lowest BCUT2D eigenvalue weighted by Crippen LogP contribution is -1.98. The van der Waals surface area contributed by atoms with Gasteiger partial charge in [0, 0.05) is 9.85 Å². The normalized spacial score (nSPS) is 12.5. The average molecular weight is 346 g/mol. The zero-order valence-electron chi connectivity index (χ0n) is 10.3. The summed E-state index contributed by atoms with van der Waals surface area (Å²) in [5.74, 6) is -1.66. The third kappa shape index (κ3) is 3.34. The number of hydrogen-bond donors (Lipinski definition) is 0. The minimum atomic E-state index is -0.830. The molecule has 0 spiro atoms. The van der Waals surface area contributed by atoms with Crippen LogP contribution in [0.25, 0.3) is 0 Å². The Morgan fingerprint density at radius 3 is 2.58 bits per heavy atom.